The van der Waals surface area contributed by atoms with Gasteiger partial charge >= 0.3 is 0 Å². The third-order valence-corrected chi connectivity index (χ3v) is 1.90. The van der Waals surface area contributed by atoms with E-state index in [1.165, 1.54) is 6.42 Å². The lowest BCUT2D eigenvalue weighted by atomic mass is 10.2. The second-order valence-electron chi connectivity index (χ2n) is 2.62. The van der Waals surface area contributed by atoms with Gasteiger partial charge in [0.15, 0.2) is 0 Å². The van der Waals surface area contributed by atoms with Gasteiger partial charge in [-0.05, 0) is 18.6 Å². The van der Waals surface area contributed by atoms with Crippen LogP contribution in [0.3, 0.4) is 0 Å². The lowest BCUT2D eigenvalue weighted by Crippen LogP contribution is -1.73. The molecule has 0 heterocycles. The fourth-order valence-electron chi connectivity index (χ4n) is 0.925. The fourth-order valence-corrected chi connectivity index (χ4v) is 1.12. The molecule has 0 saturated carbocycles. The maximum absolute atomic E-state index is 5.92. The Kier molecular flexibility index (Phi) is 3.89. The number of allylic oxidation sites excluding steroid dienone is 1. The summed E-state index contributed by atoms with van der Waals surface area (Å²) in [6.07, 6.45) is 6.41. The molecule has 0 bridgehead atoms. The maximum Gasteiger partial charge on any atom is 0.0484 e. The van der Waals surface area contributed by atoms with E-state index in [-0.39, 0.29) is 0 Å². The fraction of sp³-hybridized carbons (Fsp3) is 0.273. The largest absolute Gasteiger partial charge is 0.0839 e. The van der Waals surface area contributed by atoms with Gasteiger partial charge in [0, 0.05) is 10.6 Å². The summed E-state index contributed by atoms with van der Waals surface area (Å²) in [4.78, 5) is 0. The first-order valence-corrected chi connectivity index (χ1v) is 4.55. The van der Waals surface area contributed by atoms with Crippen molar-refractivity contribution in [1.29, 1.82) is 0 Å². The molecule has 0 aromatic heterocycles. The number of hydrogen-bond donors (Lipinski definition) is 0. The quantitative estimate of drug-likeness (QED) is 0.659. The first-order valence-electron chi connectivity index (χ1n) is 4.17. The van der Waals surface area contributed by atoms with Crippen LogP contribution >= 0.6 is 11.6 Å². The minimum atomic E-state index is 0.768. The van der Waals surface area contributed by atoms with Crippen molar-refractivity contribution in [2.75, 3.05) is 0 Å². The van der Waals surface area contributed by atoms with Crippen LogP contribution in [0.2, 0.25) is 5.02 Å². The van der Waals surface area contributed by atoms with E-state index in [1.54, 1.807) is 0 Å². The van der Waals surface area contributed by atoms with Crippen molar-refractivity contribution in [1.82, 2.24) is 0 Å². The van der Waals surface area contributed by atoms with Gasteiger partial charge in [0.05, 0.1) is 0 Å². The van der Waals surface area contributed by atoms with E-state index >= 15 is 0 Å². The molecule has 63 valence electrons. The molecular weight excluding hydrogens is 168 g/mol. The van der Waals surface area contributed by atoms with E-state index in [0.29, 0.717) is 0 Å². The molecule has 0 N–H and O–H groups in total. The first-order chi connectivity index (χ1) is 5.84. The smallest absolute Gasteiger partial charge is 0.0484 e. The molecule has 0 saturated heterocycles. The Morgan fingerprint density at radius 2 is 2.42 bits per heavy atom. The summed E-state index contributed by atoms with van der Waals surface area (Å²) in [5.74, 6) is 0. The van der Waals surface area contributed by atoms with Crippen LogP contribution in [0.4, 0.5) is 0 Å². The average molecular weight is 180 g/mol. The highest BCUT2D eigenvalue weighted by molar-refractivity contribution is 6.32. The van der Waals surface area contributed by atoms with E-state index < -0.39 is 0 Å². The van der Waals surface area contributed by atoms with Crippen LogP contribution in [0.25, 0.3) is 6.08 Å². The Hall–Kier alpha value is -0.750. The third kappa shape index (κ3) is 2.71. The van der Waals surface area contributed by atoms with Gasteiger partial charge in [-0.25, -0.2) is 0 Å². The van der Waals surface area contributed by atoms with Crippen LogP contribution in [-0.4, -0.2) is 0 Å². The second-order valence-corrected chi connectivity index (χ2v) is 3.03. The molecule has 0 nitrogen and oxygen atoms in total. The molecule has 1 heteroatoms. The lowest BCUT2D eigenvalue weighted by Gasteiger charge is -1.94. The molecule has 0 amide bonds. The van der Waals surface area contributed by atoms with Gasteiger partial charge in [-0.15, -0.1) is 0 Å². The highest BCUT2D eigenvalue weighted by Crippen LogP contribution is 2.15. The van der Waals surface area contributed by atoms with Crippen LogP contribution < -0.4 is 0 Å². The topological polar surface area (TPSA) is 0 Å². The Balaban J connectivity index is 2.68. The first kappa shape index (κ1) is 9.34. The molecule has 1 aromatic rings. The minimum Gasteiger partial charge on any atom is -0.0839 e. The molecule has 0 aliphatic carbocycles. The summed E-state index contributed by atoms with van der Waals surface area (Å²) < 4.78 is 0. The average Bonchev–Trinajstić information content (AvgIpc) is 2.09. The lowest BCUT2D eigenvalue weighted by molar-refractivity contribution is 0.962. The Morgan fingerprint density at radius 1 is 1.58 bits per heavy atom. The van der Waals surface area contributed by atoms with Crippen LogP contribution in [-0.2, 0) is 0 Å². The number of unbranched alkanes of at least 4 members (excludes halogenated alkanes) is 1. The molecule has 0 unspecified atom stereocenters. The van der Waals surface area contributed by atoms with Gasteiger partial charge < -0.3 is 0 Å². The van der Waals surface area contributed by atoms with E-state index in [0.717, 1.165) is 17.0 Å². The van der Waals surface area contributed by atoms with Gasteiger partial charge in [-0.2, -0.15) is 0 Å². The second kappa shape index (κ2) is 5.00. The minimum absolute atomic E-state index is 0.768. The molecule has 0 aliphatic heterocycles. The number of benzene rings is 1. The Labute approximate surface area is 78.9 Å². The van der Waals surface area contributed by atoms with Crippen LogP contribution in [0.1, 0.15) is 25.3 Å². The zero-order valence-electron chi connectivity index (χ0n) is 7.18. The molecule has 0 fully saturated rings. The summed E-state index contributed by atoms with van der Waals surface area (Å²) in [6, 6.07) is 8.72. The summed E-state index contributed by atoms with van der Waals surface area (Å²) in [6.45, 7) is 2.15. The maximum atomic E-state index is 5.92. The van der Waals surface area contributed by atoms with Gasteiger partial charge in [-0.3, -0.25) is 0 Å². The molecule has 0 atom stereocenters. The molecule has 0 aliphatic rings. The predicted octanol–water partition coefficient (Wildman–Crippen LogP) is 3.95. The van der Waals surface area contributed by atoms with Crippen LogP contribution in [0.15, 0.2) is 24.3 Å². The van der Waals surface area contributed by atoms with E-state index in [9.17, 15) is 0 Å². The number of hydrogen-bond acceptors (Lipinski definition) is 0. The van der Waals surface area contributed by atoms with Crippen molar-refractivity contribution in [2.24, 2.45) is 0 Å². The SMILES string of the molecule is CCCC=Cc1[c]cccc1Cl. The monoisotopic (exact) mass is 179 g/mol. The molecule has 1 rings (SSSR count). The molecule has 1 radical (unpaired) electrons. The van der Waals surface area contributed by atoms with Crippen LogP contribution in [0.5, 0.6) is 0 Å². The van der Waals surface area contributed by atoms with Crippen molar-refractivity contribution >= 4 is 17.7 Å². The van der Waals surface area contributed by atoms with Crippen LogP contribution in [0, 0.1) is 6.07 Å². The van der Waals surface area contributed by atoms with Gasteiger partial charge in [0.25, 0.3) is 0 Å². The van der Waals surface area contributed by atoms with E-state index in [4.69, 9.17) is 11.6 Å². The van der Waals surface area contributed by atoms with E-state index in [2.05, 4.69) is 19.1 Å². The highest BCUT2D eigenvalue weighted by atomic mass is 35.5. The number of rotatable bonds is 3. The summed E-state index contributed by atoms with van der Waals surface area (Å²) in [7, 11) is 0. The van der Waals surface area contributed by atoms with Crippen molar-refractivity contribution in [3.8, 4) is 0 Å². The molecule has 0 spiro atoms. The Morgan fingerprint density at radius 3 is 3.08 bits per heavy atom. The van der Waals surface area contributed by atoms with Crippen molar-refractivity contribution in [3.05, 3.63) is 40.9 Å². The van der Waals surface area contributed by atoms with Crippen molar-refractivity contribution in [3.63, 3.8) is 0 Å². The number of halogens is 1. The zero-order valence-corrected chi connectivity index (χ0v) is 7.93. The zero-order chi connectivity index (χ0) is 8.81. The van der Waals surface area contributed by atoms with Crippen molar-refractivity contribution < 1.29 is 0 Å². The van der Waals surface area contributed by atoms with Crippen molar-refractivity contribution in [2.45, 2.75) is 19.8 Å². The molecule has 1 aromatic carbocycles. The van der Waals surface area contributed by atoms with Gasteiger partial charge in [-0.1, -0.05) is 49.2 Å². The molecule has 12 heavy (non-hydrogen) atoms. The van der Waals surface area contributed by atoms with Gasteiger partial charge in [0.2, 0.25) is 0 Å². The summed E-state index contributed by atoms with van der Waals surface area (Å²) in [5, 5.41) is 0.768. The summed E-state index contributed by atoms with van der Waals surface area (Å²) >= 11 is 5.92. The third-order valence-electron chi connectivity index (χ3n) is 1.57. The Bertz CT molecular complexity index is 263. The van der Waals surface area contributed by atoms with E-state index in [1.807, 2.05) is 24.3 Å². The predicted molar refractivity (Wildman–Crippen MR) is 54.2 cm³/mol. The summed E-state index contributed by atoms with van der Waals surface area (Å²) in [5.41, 5.74) is 0.979. The van der Waals surface area contributed by atoms with Gasteiger partial charge in [0.1, 0.15) is 0 Å². The highest BCUT2D eigenvalue weighted by Gasteiger charge is 1.92. The standard InChI is InChI=1S/C11H12Cl/c1-2-3-4-7-10-8-5-6-9-11(10)12/h4-7,9H,2-3H2,1H3. The molecular formula is C11H12Cl. The normalized spacial score (nSPS) is 10.8.